The van der Waals surface area contributed by atoms with E-state index in [9.17, 15) is 14.7 Å². The molecule has 3 aromatic rings. The third kappa shape index (κ3) is 3.53. The molecule has 2 N–H and O–H groups in total. The van der Waals surface area contributed by atoms with E-state index in [-0.39, 0.29) is 0 Å². The molecule has 0 aliphatic rings. The first kappa shape index (κ1) is 18.2. The molecule has 3 rings (SSSR count). The van der Waals surface area contributed by atoms with E-state index in [4.69, 9.17) is 4.74 Å². The Bertz CT molecular complexity index is 882. The average Bonchev–Trinajstić information content (AvgIpc) is 2.73. The monoisotopic (exact) mass is 361 g/mol. The van der Waals surface area contributed by atoms with Gasteiger partial charge in [-0.05, 0) is 35.4 Å². The Morgan fingerprint density at radius 3 is 1.70 bits per heavy atom. The summed E-state index contributed by atoms with van der Waals surface area (Å²) >= 11 is 0. The molecule has 0 saturated carbocycles. The van der Waals surface area contributed by atoms with Crippen LogP contribution in [0.4, 0.5) is 0 Å². The molecule has 5 nitrogen and oxygen atoms in total. The molecule has 0 saturated heterocycles. The molecule has 0 aliphatic carbocycles. The summed E-state index contributed by atoms with van der Waals surface area (Å²) in [6.07, 6.45) is 0. The minimum absolute atomic E-state index is 0.341. The number of methoxy groups -OCH3 is 1. The van der Waals surface area contributed by atoms with E-state index in [1.165, 1.54) is 7.11 Å². The number of aliphatic carboxylic acids is 1. The lowest BCUT2D eigenvalue weighted by Crippen LogP contribution is -2.52. The van der Waals surface area contributed by atoms with Gasteiger partial charge in [-0.3, -0.25) is 4.79 Å². The number of carboxylic acids is 1. The molecule has 0 radical (unpaired) electrons. The summed E-state index contributed by atoms with van der Waals surface area (Å²) in [6, 6.07) is 23.8. The van der Waals surface area contributed by atoms with Gasteiger partial charge in [0, 0.05) is 5.56 Å². The fourth-order valence-corrected chi connectivity index (χ4v) is 2.97. The largest absolute Gasteiger partial charge is 0.497 e. The molecule has 136 valence electrons. The number of benzene rings is 3. The van der Waals surface area contributed by atoms with Gasteiger partial charge < -0.3 is 15.2 Å². The lowest BCUT2D eigenvalue weighted by molar-refractivity contribution is -0.143. The number of rotatable bonds is 6. The van der Waals surface area contributed by atoms with Crippen LogP contribution < -0.4 is 10.1 Å². The summed E-state index contributed by atoms with van der Waals surface area (Å²) in [7, 11) is 1.54. The van der Waals surface area contributed by atoms with Crippen LogP contribution in [0.25, 0.3) is 0 Å². The molecule has 0 aromatic heterocycles. The van der Waals surface area contributed by atoms with Crippen molar-refractivity contribution in [2.24, 2.45) is 0 Å². The Labute approximate surface area is 157 Å². The van der Waals surface area contributed by atoms with Crippen LogP contribution in [-0.4, -0.2) is 24.1 Å². The zero-order chi connectivity index (χ0) is 19.3. The Morgan fingerprint density at radius 2 is 1.30 bits per heavy atom. The number of hydrogen-bond donors (Lipinski definition) is 2. The van der Waals surface area contributed by atoms with Crippen molar-refractivity contribution in [3.63, 3.8) is 0 Å². The van der Waals surface area contributed by atoms with Crippen LogP contribution in [0.3, 0.4) is 0 Å². The molecule has 0 bridgehead atoms. The smallest absolute Gasteiger partial charge is 0.338 e. The van der Waals surface area contributed by atoms with Crippen molar-refractivity contribution >= 4 is 11.9 Å². The topological polar surface area (TPSA) is 75.6 Å². The minimum Gasteiger partial charge on any atom is -0.497 e. The molecular weight excluding hydrogens is 342 g/mol. The summed E-state index contributed by atoms with van der Waals surface area (Å²) < 4.78 is 5.10. The second-order valence-electron chi connectivity index (χ2n) is 5.97. The van der Waals surface area contributed by atoms with E-state index in [0.29, 0.717) is 22.4 Å². The zero-order valence-electron chi connectivity index (χ0n) is 14.8. The maximum atomic E-state index is 12.9. The van der Waals surface area contributed by atoms with Gasteiger partial charge in [0.05, 0.1) is 7.11 Å². The number of carbonyl (C=O) groups excluding carboxylic acids is 1. The second kappa shape index (κ2) is 7.74. The Kier molecular flexibility index (Phi) is 5.22. The van der Waals surface area contributed by atoms with E-state index in [1.807, 2.05) is 0 Å². The molecule has 1 amide bonds. The van der Waals surface area contributed by atoms with Crippen LogP contribution in [0.1, 0.15) is 21.5 Å². The Morgan fingerprint density at radius 1 is 0.815 bits per heavy atom. The highest BCUT2D eigenvalue weighted by molar-refractivity contribution is 5.99. The van der Waals surface area contributed by atoms with E-state index >= 15 is 0 Å². The predicted molar refractivity (Wildman–Crippen MR) is 102 cm³/mol. The van der Waals surface area contributed by atoms with Crippen LogP contribution in [0.15, 0.2) is 84.9 Å². The molecule has 0 unspecified atom stereocenters. The van der Waals surface area contributed by atoms with Crippen LogP contribution in [0, 0.1) is 0 Å². The van der Waals surface area contributed by atoms with E-state index < -0.39 is 17.4 Å². The molecule has 0 spiro atoms. The molecule has 5 heteroatoms. The predicted octanol–water partition coefficient (Wildman–Crippen LogP) is 3.45. The van der Waals surface area contributed by atoms with E-state index in [0.717, 1.165) is 0 Å². The van der Waals surface area contributed by atoms with Crippen LogP contribution in [0.2, 0.25) is 0 Å². The zero-order valence-corrected chi connectivity index (χ0v) is 14.8. The van der Waals surface area contributed by atoms with Gasteiger partial charge in [0.25, 0.3) is 5.91 Å². The standard InChI is InChI=1S/C22H19NO4/c1-27-19-14-12-16(13-15-19)20(24)23-22(21(25)26,17-8-4-2-5-9-17)18-10-6-3-7-11-18/h2-15H,1H3,(H,23,24)(H,25,26). The fraction of sp³-hybridized carbons (Fsp3) is 0.0909. The summed E-state index contributed by atoms with van der Waals surface area (Å²) in [6.45, 7) is 0. The average molecular weight is 361 g/mol. The molecule has 3 aromatic carbocycles. The van der Waals surface area contributed by atoms with Crippen molar-refractivity contribution in [3.05, 3.63) is 102 Å². The number of ether oxygens (including phenoxy) is 1. The Balaban J connectivity index is 2.09. The quantitative estimate of drug-likeness (QED) is 0.705. The van der Waals surface area contributed by atoms with E-state index in [1.54, 1.807) is 84.9 Å². The van der Waals surface area contributed by atoms with Gasteiger partial charge in [0.2, 0.25) is 0 Å². The van der Waals surface area contributed by atoms with Gasteiger partial charge in [0.1, 0.15) is 5.75 Å². The van der Waals surface area contributed by atoms with Gasteiger partial charge in [-0.1, -0.05) is 60.7 Å². The van der Waals surface area contributed by atoms with Crippen LogP contribution >= 0.6 is 0 Å². The maximum Gasteiger partial charge on any atom is 0.338 e. The summed E-state index contributed by atoms with van der Waals surface area (Å²) in [5.41, 5.74) is -0.441. The highest BCUT2D eigenvalue weighted by Crippen LogP contribution is 2.31. The molecule has 0 aliphatic heterocycles. The normalized spacial score (nSPS) is 10.9. The number of carbonyl (C=O) groups is 2. The molecular formula is C22H19NO4. The van der Waals surface area contributed by atoms with Gasteiger partial charge in [-0.15, -0.1) is 0 Å². The van der Waals surface area contributed by atoms with Crippen molar-refractivity contribution in [2.45, 2.75) is 5.54 Å². The molecule has 0 heterocycles. The van der Waals surface area contributed by atoms with Gasteiger partial charge in [0.15, 0.2) is 5.54 Å². The van der Waals surface area contributed by atoms with Crippen molar-refractivity contribution in [1.29, 1.82) is 0 Å². The summed E-state index contributed by atoms with van der Waals surface area (Å²) in [4.78, 5) is 25.4. The van der Waals surface area contributed by atoms with Crippen molar-refractivity contribution in [1.82, 2.24) is 5.32 Å². The highest BCUT2D eigenvalue weighted by atomic mass is 16.5. The first-order valence-electron chi connectivity index (χ1n) is 8.39. The maximum absolute atomic E-state index is 12.9. The Hall–Kier alpha value is -3.60. The number of carboxylic acid groups (broad SMARTS) is 1. The fourth-order valence-electron chi connectivity index (χ4n) is 2.97. The van der Waals surface area contributed by atoms with Crippen molar-refractivity contribution in [2.75, 3.05) is 7.11 Å². The van der Waals surface area contributed by atoms with Crippen molar-refractivity contribution in [3.8, 4) is 5.75 Å². The first-order chi connectivity index (χ1) is 13.1. The van der Waals surface area contributed by atoms with Gasteiger partial charge >= 0.3 is 5.97 Å². The van der Waals surface area contributed by atoms with Gasteiger partial charge in [-0.25, -0.2) is 4.79 Å². The lowest BCUT2D eigenvalue weighted by Gasteiger charge is -2.31. The number of nitrogens with one attached hydrogen (secondary N) is 1. The second-order valence-corrected chi connectivity index (χ2v) is 5.97. The van der Waals surface area contributed by atoms with Gasteiger partial charge in [-0.2, -0.15) is 0 Å². The minimum atomic E-state index is -1.71. The molecule has 27 heavy (non-hydrogen) atoms. The van der Waals surface area contributed by atoms with Crippen molar-refractivity contribution < 1.29 is 19.4 Å². The summed E-state index contributed by atoms with van der Waals surface area (Å²) in [5, 5.41) is 12.9. The molecule has 0 fully saturated rings. The summed E-state index contributed by atoms with van der Waals surface area (Å²) in [5.74, 6) is -1.04. The number of hydrogen-bond acceptors (Lipinski definition) is 3. The third-order valence-electron chi connectivity index (χ3n) is 4.39. The van der Waals surface area contributed by atoms with Crippen LogP contribution in [0.5, 0.6) is 5.75 Å². The third-order valence-corrected chi connectivity index (χ3v) is 4.39. The van der Waals surface area contributed by atoms with Crippen LogP contribution in [-0.2, 0) is 10.3 Å². The number of amides is 1. The molecule has 0 atom stereocenters. The highest BCUT2D eigenvalue weighted by Gasteiger charge is 2.43. The van der Waals surface area contributed by atoms with E-state index in [2.05, 4.69) is 5.32 Å². The SMILES string of the molecule is COc1ccc(C(=O)NC(C(=O)O)(c2ccccc2)c2ccccc2)cc1. The lowest BCUT2D eigenvalue weighted by atomic mass is 9.82. The first-order valence-corrected chi connectivity index (χ1v) is 8.39.